The minimum absolute atomic E-state index is 1.43. The van der Waals surface area contributed by atoms with Crippen LogP contribution in [0, 0.1) is 6.92 Å². The van der Waals surface area contributed by atoms with E-state index in [1.807, 2.05) is 4.74 Å². The van der Waals surface area contributed by atoms with E-state index in [2.05, 4.69) is 0 Å². The highest BCUT2D eigenvalue weighted by Crippen LogP contribution is 2.58. The highest BCUT2D eigenvalue weighted by molar-refractivity contribution is 4.98. The van der Waals surface area contributed by atoms with Crippen LogP contribution in [0.5, 0.6) is 0 Å². The topological polar surface area (TPSA) is 12.5 Å². The number of hydrogen-bond donors (Lipinski definition) is 0. The van der Waals surface area contributed by atoms with Crippen LogP contribution in [-0.2, 0) is 4.74 Å². The van der Waals surface area contributed by atoms with Gasteiger partial charge in [0.1, 0.15) is 0 Å². The Morgan fingerprint density at radius 2 is 1.06 bits per heavy atom. The van der Waals surface area contributed by atoms with E-state index < -0.39 is 35.3 Å². The van der Waals surface area contributed by atoms with Gasteiger partial charge in [0, 0.05) is 6.92 Å². The van der Waals surface area contributed by atoms with Gasteiger partial charge in [0.2, 0.25) is 0 Å². The Bertz CT molecular complexity index is 321. The van der Waals surface area contributed by atoms with Crippen LogP contribution in [-0.4, -0.2) is 35.3 Å². The lowest BCUT2D eigenvalue weighted by molar-refractivity contribution is -0.582. The quantitative estimate of drug-likeness (QED) is 0.544. The van der Waals surface area contributed by atoms with E-state index >= 15 is 0 Å². The minimum Gasteiger partial charge on any atom is -0.243 e. The van der Waals surface area contributed by atoms with Gasteiger partial charge in [-0.3, -0.25) is 0 Å². The summed E-state index contributed by atoms with van der Waals surface area (Å²) in [7, 11) is 0. The molecule has 18 heavy (non-hydrogen) atoms. The number of morpholine rings is 1. The molecule has 1 saturated heterocycles. The summed E-state index contributed by atoms with van der Waals surface area (Å²) in [6.07, 6.45) is -12.5. The van der Waals surface area contributed by atoms with Crippen molar-refractivity contribution in [3.05, 3.63) is 6.92 Å². The lowest BCUT2D eigenvalue weighted by Gasteiger charge is -2.48. The van der Waals surface area contributed by atoms with E-state index in [1.54, 1.807) is 0 Å². The summed E-state index contributed by atoms with van der Waals surface area (Å²) >= 11 is 0. The molecule has 1 radical (unpaired) electrons. The summed E-state index contributed by atoms with van der Waals surface area (Å²) in [5, 5.41) is 0. The molecule has 0 spiro atoms. The largest absolute Gasteiger partial charge is 0.439 e. The molecular formula is C6H2F10NO. The predicted octanol–water partition coefficient (Wildman–Crippen LogP) is 3.12. The maximum atomic E-state index is 12.7. The molecule has 0 N–H and O–H groups in total. The molecule has 0 aromatic carbocycles. The zero-order valence-electron chi connectivity index (χ0n) is 7.84. The Labute approximate surface area is 92.1 Å². The van der Waals surface area contributed by atoms with E-state index in [0.29, 0.717) is 0 Å². The molecule has 0 unspecified atom stereocenters. The van der Waals surface area contributed by atoms with Crippen molar-refractivity contribution in [1.29, 1.82) is 0 Å². The lowest BCUT2D eigenvalue weighted by Crippen LogP contribution is -2.77. The van der Waals surface area contributed by atoms with Crippen molar-refractivity contribution < 1.29 is 48.6 Å². The number of hydrogen-bond acceptors (Lipinski definition) is 2. The molecule has 12 heteroatoms. The second-order valence-corrected chi connectivity index (χ2v) is 3.22. The average molecular weight is 294 g/mol. The van der Waals surface area contributed by atoms with Gasteiger partial charge >= 0.3 is 30.4 Å². The fourth-order valence-electron chi connectivity index (χ4n) is 1.13. The molecule has 0 atom stereocenters. The molecule has 1 heterocycles. The van der Waals surface area contributed by atoms with Crippen LogP contribution in [0.25, 0.3) is 0 Å². The summed E-state index contributed by atoms with van der Waals surface area (Å²) in [5.41, 5.74) is 0. The zero-order valence-corrected chi connectivity index (χ0v) is 7.84. The molecule has 1 rings (SSSR count). The van der Waals surface area contributed by atoms with Gasteiger partial charge in [0.05, 0.1) is 0 Å². The van der Waals surface area contributed by atoms with Gasteiger partial charge in [-0.15, -0.1) is 4.90 Å². The molecule has 0 aromatic rings. The third-order valence-electron chi connectivity index (χ3n) is 1.85. The van der Waals surface area contributed by atoms with Gasteiger partial charge in [-0.25, -0.2) is 4.74 Å². The predicted molar refractivity (Wildman–Crippen MR) is 33.0 cm³/mol. The first-order chi connectivity index (χ1) is 7.57. The van der Waals surface area contributed by atoms with Crippen molar-refractivity contribution in [2.24, 2.45) is 0 Å². The molecule has 0 aliphatic carbocycles. The first-order valence-electron chi connectivity index (χ1n) is 3.82. The summed E-state index contributed by atoms with van der Waals surface area (Å²) < 4.78 is 127. The summed E-state index contributed by atoms with van der Waals surface area (Å²) in [6.45, 7) is 1.43. The van der Waals surface area contributed by atoms with E-state index in [4.69, 9.17) is 0 Å². The molecule has 0 saturated carbocycles. The van der Waals surface area contributed by atoms with Gasteiger partial charge in [-0.2, -0.15) is 43.9 Å². The molecule has 0 bridgehead atoms. The van der Waals surface area contributed by atoms with Crippen molar-refractivity contribution in [3.63, 3.8) is 0 Å². The highest BCUT2D eigenvalue weighted by Gasteiger charge is 2.86. The van der Waals surface area contributed by atoms with Crippen LogP contribution in [0.3, 0.4) is 0 Å². The zero-order chi connectivity index (χ0) is 14.8. The molecule has 2 nitrogen and oxygen atoms in total. The van der Waals surface area contributed by atoms with Crippen molar-refractivity contribution in [1.82, 2.24) is 4.90 Å². The summed E-state index contributed by atoms with van der Waals surface area (Å²) in [4.78, 5) is -2.98. The van der Waals surface area contributed by atoms with Crippen LogP contribution >= 0.6 is 0 Å². The number of halogens is 10. The molecule has 107 valence electrons. The molecule has 0 aromatic heterocycles. The Balaban J connectivity index is 3.48. The van der Waals surface area contributed by atoms with Crippen LogP contribution in [0.1, 0.15) is 0 Å². The molecular weight excluding hydrogens is 292 g/mol. The van der Waals surface area contributed by atoms with Crippen molar-refractivity contribution in [2.75, 3.05) is 0 Å². The summed E-state index contributed by atoms with van der Waals surface area (Å²) in [6, 6.07) is -18.4. The van der Waals surface area contributed by atoms with Gasteiger partial charge in [-0.05, 0) is 0 Å². The standard InChI is InChI=1S/C6H2F10NO/c1-2(7,8)17-3(9,10)5(13,14)18-6(15,16)4(17,11)12/h1H2. The third-order valence-corrected chi connectivity index (χ3v) is 1.85. The lowest BCUT2D eigenvalue weighted by atomic mass is 10.2. The Morgan fingerprint density at radius 3 is 1.28 bits per heavy atom. The first-order valence-corrected chi connectivity index (χ1v) is 3.82. The minimum atomic E-state index is -6.40. The highest BCUT2D eigenvalue weighted by atomic mass is 19.4. The van der Waals surface area contributed by atoms with E-state index in [0.717, 1.165) is 0 Å². The fraction of sp³-hybridized carbons (Fsp3) is 0.833. The second kappa shape index (κ2) is 3.40. The normalized spacial score (nSPS) is 30.2. The summed E-state index contributed by atoms with van der Waals surface area (Å²) in [5.74, 6) is 0. The van der Waals surface area contributed by atoms with Crippen LogP contribution in [0.4, 0.5) is 43.9 Å². The monoisotopic (exact) mass is 294 g/mol. The third kappa shape index (κ3) is 1.81. The smallest absolute Gasteiger partial charge is 0.243 e. The van der Waals surface area contributed by atoms with Crippen molar-refractivity contribution in [3.8, 4) is 0 Å². The molecule has 0 amide bonds. The first kappa shape index (κ1) is 15.3. The van der Waals surface area contributed by atoms with Crippen LogP contribution < -0.4 is 0 Å². The Kier molecular flexibility index (Phi) is 2.89. The van der Waals surface area contributed by atoms with Gasteiger partial charge in [0.25, 0.3) is 0 Å². The van der Waals surface area contributed by atoms with E-state index in [-0.39, 0.29) is 0 Å². The number of rotatable bonds is 1. The number of alkyl halides is 10. The fourth-order valence-corrected chi connectivity index (χ4v) is 1.13. The SMILES string of the molecule is [CH2]C(F)(F)N1C(F)(F)C(F)(F)OC(F)(F)C1(F)F. The van der Waals surface area contributed by atoms with E-state index in [1.165, 1.54) is 6.92 Å². The van der Waals surface area contributed by atoms with Crippen LogP contribution in [0.15, 0.2) is 0 Å². The number of ether oxygens (including phenoxy) is 1. The van der Waals surface area contributed by atoms with Crippen molar-refractivity contribution in [2.45, 2.75) is 30.4 Å². The van der Waals surface area contributed by atoms with Gasteiger partial charge in [0.15, 0.2) is 0 Å². The molecule has 1 aliphatic rings. The number of nitrogens with zero attached hydrogens (tertiary/aromatic N) is 1. The molecule has 1 fully saturated rings. The second-order valence-electron chi connectivity index (χ2n) is 3.22. The van der Waals surface area contributed by atoms with Crippen molar-refractivity contribution >= 4 is 0 Å². The van der Waals surface area contributed by atoms with E-state index in [9.17, 15) is 43.9 Å². The maximum Gasteiger partial charge on any atom is 0.439 e. The Morgan fingerprint density at radius 1 is 0.778 bits per heavy atom. The van der Waals surface area contributed by atoms with Gasteiger partial charge < -0.3 is 0 Å². The average Bonchev–Trinajstić information content (AvgIpc) is 1.93. The maximum absolute atomic E-state index is 12.7. The van der Waals surface area contributed by atoms with Gasteiger partial charge in [-0.1, -0.05) is 0 Å². The Hall–Kier alpha value is -0.780. The molecule has 1 aliphatic heterocycles. The van der Waals surface area contributed by atoms with Crippen LogP contribution in [0.2, 0.25) is 0 Å².